The maximum absolute atomic E-state index is 12.2. The summed E-state index contributed by atoms with van der Waals surface area (Å²) in [5.74, 6) is 0.0920. The Balaban J connectivity index is 1.58. The van der Waals surface area contributed by atoms with E-state index in [1.54, 1.807) is 23.0 Å². The first-order valence-electron chi connectivity index (χ1n) is 7.90. The third-order valence-corrected chi connectivity index (χ3v) is 4.60. The SMILES string of the molecule is O=C(NCC(O)C1CCCC1)c1cnn(-c2ccc(Cl)cc2)c1. The van der Waals surface area contributed by atoms with Gasteiger partial charge in [-0.25, -0.2) is 4.68 Å². The van der Waals surface area contributed by atoms with Crippen LogP contribution in [0.4, 0.5) is 0 Å². The first-order chi connectivity index (χ1) is 11.1. The third kappa shape index (κ3) is 3.92. The number of carbonyl (C=O) groups is 1. The van der Waals surface area contributed by atoms with Gasteiger partial charge in [-0.05, 0) is 43.0 Å². The predicted molar refractivity (Wildman–Crippen MR) is 88.9 cm³/mol. The summed E-state index contributed by atoms with van der Waals surface area (Å²) in [6, 6.07) is 7.22. The van der Waals surface area contributed by atoms with Crippen molar-refractivity contribution in [2.45, 2.75) is 31.8 Å². The molecule has 1 fully saturated rings. The lowest BCUT2D eigenvalue weighted by atomic mass is 10.0. The number of hydrogen-bond donors (Lipinski definition) is 2. The van der Waals surface area contributed by atoms with Gasteiger partial charge in [0.05, 0.1) is 23.6 Å². The quantitative estimate of drug-likeness (QED) is 0.884. The van der Waals surface area contributed by atoms with Gasteiger partial charge in [0.15, 0.2) is 0 Å². The number of nitrogens with zero attached hydrogens (tertiary/aromatic N) is 2. The first kappa shape index (κ1) is 16.0. The van der Waals surface area contributed by atoms with E-state index in [1.807, 2.05) is 12.1 Å². The number of aliphatic hydroxyl groups is 1. The Morgan fingerprint density at radius 3 is 2.74 bits per heavy atom. The van der Waals surface area contributed by atoms with Crippen LogP contribution in [0.25, 0.3) is 5.69 Å². The van der Waals surface area contributed by atoms with Gasteiger partial charge >= 0.3 is 0 Å². The molecule has 6 heteroatoms. The van der Waals surface area contributed by atoms with E-state index in [1.165, 1.54) is 19.0 Å². The van der Waals surface area contributed by atoms with Crippen LogP contribution >= 0.6 is 11.6 Å². The van der Waals surface area contributed by atoms with E-state index < -0.39 is 6.10 Å². The lowest BCUT2D eigenvalue weighted by molar-refractivity contribution is 0.0840. The molecule has 0 bridgehead atoms. The van der Waals surface area contributed by atoms with Gasteiger partial charge in [0.1, 0.15) is 0 Å². The van der Waals surface area contributed by atoms with Crippen molar-refractivity contribution in [1.29, 1.82) is 0 Å². The second kappa shape index (κ2) is 7.15. The largest absolute Gasteiger partial charge is 0.391 e. The Labute approximate surface area is 140 Å². The van der Waals surface area contributed by atoms with Crippen molar-refractivity contribution in [3.63, 3.8) is 0 Å². The minimum absolute atomic E-state index is 0.220. The molecule has 2 N–H and O–H groups in total. The molecule has 0 aliphatic heterocycles. The molecule has 1 heterocycles. The molecule has 1 amide bonds. The van der Waals surface area contributed by atoms with Crippen molar-refractivity contribution in [2.24, 2.45) is 5.92 Å². The first-order valence-corrected chi connectivity index (χ1v) is 8.28. The fourth-order valence-corrected chi connectivity index (χ4v) is 3.11. The Hall–Kier alpha value is -1.85. The number of aromatic nitrogens is 2. The van der Waals surface area contributed by atoms with Crippen molar-refractivity contribution in [3.8, 4) is 5.69 Å². The summed E-state index contributed by atoms with van der Waals surface area (Å²) in [6.45, 7) is 0.287. The maximum atomic E-state index is 12.2. The van der Waals surface area contributed by atoms with Crippen LogP contribution in [0, 0.1) is 5.92 Å². The van der Waals surface area contributed by atoms with Gasteiger partial charge < -0.3 is 10.4 Å². The minimum atomic E-state index is -0.465. The van der Waals surface area contributed by atoms with Crippen molar-refractivity contribution in [1.82, 2.24) is 15.1 Å². The third-order valence-electron chi connectivity index (χ3n) is 4.35. The Morgan fingerprint density at radius 1 is 1.35 bits per heavy atom. The summed E-state index contributed by atoms with van der Waals surface area (Å²) in [7, 11) is 0. The summed E-state index contributed by atoms with van der Waals surface area (Å²) in [4.78, 5) is 12.2. The summed E-state index contributed by atoms with van der Waals surface area (Å²) in [6.07, 6.45) is 7.16. The minimum Gasteiger partial charge on any atom is -0.391 e. The van der Waals surface area contributed by atoms with Gasteiger partial charge in [-0.2, -0.15) is 5.10 Å². The van der Waals surface area contributed by atoms with Crippen LogP contribution in [0.3, 0.4) is 0 Å². The van der Waals surface area contributed by atoms with E-state index in [4.69, 9.17) is 11.6 Å². The van der Waals surface area contributed by atoms with Crippen LogP contribution in [0.2, 0.25) is 5.02 Å². The molecule has 3 rings (SSSR count). The number of rotatable bonds is 5. The molecule has 0 spiro atoms. The van der Waals surface area contributed by atoms with Crippen LogP contribution < -0.4 is 5.32 Å². The standard InChI is InChI=1S/C17H20ClN3O2/c18-14-5-7-15(8-6-14)21-11-13(9-20-21)17(23)19-10-16(22)12-3-1-2-4-12/h5-9,11-12,16,22H,1-4,10H2,(H,19,23). The summed E-state index contributed by atoms with van der Waals surface area (Å²) in [5.41, 5.74) is 1.30. The predicted octanol–water partition coefficient (Wildman–Crippen LogP) is 2.81. The second-order valence-electron chi connectivity index (χ2n) is 5.97. The van der Waals surface area contributed by atoms with Gasteiger partial charge in [0.2, 0.25) is 0 Å². The second-order valence-corrected chi connectivity index (χ2v) is 6.41. The van der Waals surface area contributed by atoms with Crippen molar-refractivity contribution in [2.75, 3.05) is 6.54 Å². The molecule has 1 aliphatic rings. The molecule has 0 saturated heterocycles. The van der Waals surface area contributed by atoms with Crippen LogP contribution in [0.15, 0.2) is 36.7 Å². The molecule has 23 heavy (non-hydrogen) atoms. The molecular formula is C17H20ClN3O2. The number of aliphatic hydroxyl groups excluding tert-OH is 1. The zero-order valence-corrected chi connectivity index (χ0v) is 13.5. The Bertz CT molecular complexity index is 663. The topological polar surface area (TPSA) is 67.2 Å². The average molecular weight is 334 g/mol. The van der Waals surface area contributed by atoms with E-state index in [2.05, 4.69) is 10.4 Å². The molecule has 5 nitrogen and oxygen atoms in total. The van der Waals surface area contributed by atoms with E-state index >= 15 is 0 Å². The van der Waals surface area contributed by atoms with Gasteiger partial charge in [-0.3, -0.25) is 4.79 Å². The summed E-state index contributed by atoms with van der Waals surface area (Å²) >= 11 is 5.86. The average Bonchev–Trinajstić information content (AvgIpc) is 3.24. The molecule has 1 aromatic heterocycles. The molecule has 1 unspecified atom stereocenters. The van der Waals surface area contributed by atoms with E-state index in [0.717, 1.165) is 18.5 Å². The van der Waals surface area contributed by atoms with E-state index in [0.29, 0.717) is 16.5 Å². The molecule has 1 aromatic carbocycles. The van der Waals surface area contributed by atoms with E-state index in [-0.39, 0.29) is 12.5 Å². The normalized spacial score (nSPS) is 16.4. The number of halogens is 1. The molecule has 1 aliphatic carbocycles. The van der Waals surface area contributed by atoms with Crippen LogP contribution in [0.1, 0.15) is 36.0 Å². The number of nitrogens with one attached hydrogen (secondary N) is 1. The zero-order valence-electron chi connectivity index (χ0n) is 12.8. The van der Waals surface area contributed by atoms with Crippen LogP contribution in [-0.2, 0) is 0 Å². The van der Waals surface area contributed by atoms with Crippen LogP contribution in [-0.4, -0.2) is 33.4 Å². The zero-order chi connectivity index (χ0) is 16.2. The molecule has 122 valence electrons. The van der Waals surface area contributed by atoms with Crippen molar-refractivity contribution < 1.29 is 9.90 Å². The fraction of sp³-hybridized carbons (Fsp3) is 0.412. The highest BCUT2D eigenvalue weighted by Crippen LogP contribution is 2.27. The number of benzene rings is 1. The molecule has 2 aromatic rings. The fourth-order valence-electron chi connectivity index (χ4n) is 2.98. The number of hydrogen-bond acceptors (Lipinski definition) is 3. The highest BCUT2D eigenvalue weighted by molar-refractivity contribution is 6.30. The lowest BCUT2D eigenvalue weighted by Gasteiger charge is -2.17. The summed E-state index contributed by atoms with van der Waals surface area (Å²) in [5, 5.41) is 17.7. The lowest BCUT2D eigenvalue weighted by Crippen LogP contribution is -2.35. The smallest absolute Gasteiger partial charge is 0.254 e. The van der Waals surface area contributed by atoms with Gasteiger partial charge in [0.25, 0.3) is 5.91 Å². The van der Waals surface area contributed by atoms with Gasteiger partial charge in [-0.15, -0.1) is 0 Å². The van der Waals surface area contributed by atoms with Gasteiger partial charge in [0, 0.05) is 17.8 Å². The number of carbonyl (C=O) groups excluding carboxylic acids is 1. The Morgan fingerprint density at radius 2 is 2.04 bits per heavy atom. The molecule has 0 radical (unpaired) electrons. The number of amides is 1. The molecule has 1 saturated carbocycles. The summed E-state index contributed by atoms with van der Waals surface area (Å²) < 4.78 is 1.62. The Kier molecular flexibility index (Phi) is 4.98. The van der Waals surface area contributed by atoms with Gasteiger partial charge in [-0.1, -0.05) is 24.4 Å². The monoisotopic (exact) mass is 333 g/mol. The molecule has 1 atom stereocenters. The maximum Gasteiger partial charge on any atom is 0.254 e. The molecular weight excluding hydrogens is 314 g/mol. The van der Waals surface area contributed by atoms with Crippen molar-refractivity contribution >= 4 is 17.5 Å². The van der Waals surface area contributed by atoms with E-state index in [9.17, 15) is 9.90 Å². The van der Waals surface area contributed by atoms with Crippen LogP contribution in [0.5, 0.6) is 0 Å². The highest BCUT2D eigenvalue weighted by atomic mass is 35.5. The van der Waals surface area contributed by atoms with Crippen molar-refractivity contribution in [3.05, 3.63) is 47.2 Å². The highest BCUT2D eigenvalue weighted by Gasteiger charge is 2.23.